The normalized spacial score (nSPS) is 24.0. The molecule has 2 aromatic rings. The molecule has 0 unspecified atom stereocenters. The van der Waals surface area contributed by atoms with Gasteiger partial charge in [-0.2, -0.15) is 0 Å². The molecule has 3 aliphatic rings. The SMILES string of the molecule is COC(=O)[C@@H]1C(=O)C2=C(C[C@@H]1C)NC(C)=C(C(=O)OC1CCCC1)[C@H]2c1ccc(-c2ccccc2)cc1. The lowest BCUT2D eigenvalue weighted by molar-refractivity contribution is -0.151. The summed E-state index contributed by atoms with van der Waals surface area (Å²) in [7, 11) is 1.31. The molecule has 1 saturated carbocycles. The summed E-state index contributed by atoms with van der Waals surface area (Å²) in [5, 5.41) is 3.33. The monoisotopic (exact) mass is 499 g/mol. The first-order chi connectivity index (χ1) is 17.9. The Morgan fingerprint density at radius 3 is 2.24 bits per heavy atom. The number of rotatable bonds is 5. The predicted molar refractivity (Wildman–Crippen MR) is 140 cm³/mol. The molecule has 2 aliphatic carbocycles. The zero-order chi connectivity index (χ0) is 26.1. The minimum atomic E-state index is -0.901. The van der Waals surface area contributed by atoms with Crippen LogP contribution in [0.15, 0.2) is 77.1 Å². The molecule has 0 aromatic heterocycles. The summed E-state index contributed by atoms with van der Waals surface area (Å²) in [4.78, 5) is 40.1. The molecular weight excluding hydrogens is 466 g/mol. The van der Waals surface area contributed by atoms with Crippen molar-refractivity contribution >= 4 is 17.7 Å². The van der Waals surface area contributed by atoms with E-state index in [0.29, 0.717) is 23.3 Å². The van der Waals surface area contributed by atoms with E-state index < -0.39 is 23.8 Å². The van der Waals surface area contributed by atoms with Crippen LogP contribution in [-0.4, -0.2) is 30.9 Å². The fourth-order valence-electron chi connectivity index (χ4n) is 6.00. The Morgan fingerprint density at radius 2 is 1.59 bits per heavy atom. The molecule has 0 radical (unpaired) electrons. The number of ether oxygens (including phenoxy) is 2. The molecule has 192 valence electrons. The number of carbonyl (C=O) groups excluding carboxylic acids is 3. The Morgan fingerprint density at radius 1 is 0.946 bits per heavy atom. The van der Waals surface area contributed by atoms with E-state index in [1.165, 1.54) is 7.11 Å². The number of carbonyl (C=O) groups is 3. The fraction of sp³-hybridized carbons (Fsp3) is 0.387. The van der Waals surface area contributed by atoms with E-state index in [1.54, 1.807) is 0 Å². The van der Waals surface area contributed by atoms with Crippen LogP contribution < -0.4 is 5.32 Å². The van der Waals surface area contributed by atoms with Crippen LogP contribution in [0.2, 0.25) is 0 Å². The molecule has 0 saturated heterocycles. The first-order valence-electron chi connectivity index (χ1n) is 13.1. The van der Waals surface area contributed by atoms with Crippen LogP contribution in [0.5, 0.6) is 0 Å². The summed E-state index contributed by atoms with van der Waals surface area (Å²) in [5.74, 6) is -2.97. The van der Waals surface area contributed by atoms with E-state index >= 15 is 0 Å². The van der Waals surface area contributed by atoms with Crippen LogP contribution in [0.4, 0.5) is 0 Å². The number of esters is 2. The summed E-state index contributed by atoms with van der Waals surface area (Å²) < 4.78 is 10.9. The molecule has 1 aliphatic heterocycles. The van der Waals surface area contributed by atoms with E-state index in [0.717, 1.165) is 48.1 Å². The molecule has 37 heavy (non-hydrogen) atoms. The molecule has 0 bridgehead atoms. The van der Waals surface area contributed by atoms with E-state index in [4.69, 9.17) is 9.47 Å². The van der Waals surface area contributed by atoms with E-state index in [2.05, 4.69) is 5.32 Å². The van der Waals surface area contributed by atoms with Crippen molar-refractivity contribution in [1.82, 2.24) is 5.32 Å². The number of Topliss-reactive ketones (excluding diaryl/α,β-unsaturated/α-hetero) is 1. The van der Waals surface area contributed by atoms with Crippen molar-refractivity contribution < 1.29 is 23.9 Å². The molecule has 2 aromatic carbocycles. The van der Waals surface area contributed by atoms with Crippen LogP contribution in [0.25, 0.3) is 11.1 Å². The van der Waals surface area contributed by atoms with Gasteiger partial charge >= 0.3 is 11.9 Å². The second kappa shape index (κ2) is 10.4. The average molecular weight is 500 g/mol. The quantitative estimate of drug-likeness (QED) is 0.435. The third-order valence-corrected chi connectivity index (χ3v) is 7.89. The van der Waals surface area contributed by atoms with Crippen molar-refractivity contribution in [1.29, 1.82) is 0 Å². The maximum absolute atomic E-state index is 13.9. The van der Waals surface area contributed by atoms with Crippen LogP contribution >= 0.6 is 0 Å². The number of allylic oxidation sites excluding steroid dienone is 3. The Labute approximate surface area is 217 Å². The van der Waals surface area contributed by atoms with Crippen molar-refractivity contribution in [3.63, 3.8) is 0 Å². The highest BCUT2D eigenvalue weighted by Crippen LogP contribution is 2.46. The van der Waals surface area contributed by atoms with Crippen LogP contribution in [0.1, 0.15) is 57.4 Å². The molecule has 5 rings (SSSR count). The van der Waals surface area contributed by atoms with Crippen LogP contribution in [0, 0.1) is 11.8 Å². The summed E-state index contributed by atoms with van der Waals surface area (Å²) in [6.45, 7) is 3.75. The third kappa shape index (κ3) is 4.73. The summed E-state index contributed by atoms with van der Waals surface area (Å²) in [6.07, 6.45) is 4.22. The topological polar surface area (TPSA) is 81.7 Å². The number of nitrogens with one attached hydrogen (secondary N) is 1. The molecular formula is C31H33NO5. The highest BCUT2D eigenvalue weighted by atomic mass is 16.5. The van der Waals surface area contributed by atoms with Gasteiger partial charge in [0, 0.05) is 22.9 Å². The molecule has 0 spiro atoms. The average Bonchev–Trinajstić information content (AvgIpc) is 3.41. The predicted octanol–water partition coefficient (Wildman–Crippen LogP) is 5.45. The number of hydrogen-bond donors (Lipinski definition) is 1. The lowest BCUT2D eigenvalue weighted by Gasteiger charge is -2.38. The minimum Gasteiger partial charge on any atom is -0.468 e. The molecule has 6 heteroatoms. The highest BCUT2D eigenvalue weighted by Gasteiger charge is 2.47. The fourth-order valence-corrected chi connectivity index (χ4v) is 6.00. The van der Waals surface area contributed by atoms with Gasteiger partial charge in [0.25, 0.3) is 0 Å². The van der Waals surface area contributed by atoms with Gasteiger partial charge in [0.15, 0.2) is 5.78 Å². The van der Waals surface area contributed by atoms with Gasteiger partial charge in [-0.05, 0) is 61.6 Å². The van der Waals surface area contributed by atoms with Gasteiger partial charge < -0.3 is 14.8 Å². The maximum atomic E-state index is 13.9. The van der Waals surface area contributed by atoms with Gasteiger partial charge in [-0.1, -0.05) is 61.5 Å². The van der Waals surface area contributed by atoms with Gasteiger partial charge in [-0.15, -0.1) is 0 Å². The van der Waals surface area contributed by atoms with Gasteiger partial charge in [0.1, 0.15) is 12.0 Å². The lowest BCUT2D eigenvalue weighted by atomic mass is 9.69. The molecule has 1 fully saturated rings. The van der Waals surface area contributed by atoms with Crippen LogP contribution in [0.3, 0.4) is 0 Å². The maximum Gasteiger partial charge on any atom is 0.337 e. The first-order valence-corrected chi connectivity index (χ1v) is 13.1. The van der Waals surface area contributed by atoms with Crippen LogP contribution in [-0.2, 0) is 23.9 Å². The second-order valence-corrected chi connectivity index (χ2v) is 10.3. The summed E-state index contributed by atoms with van der Waals surface area (Å²) >= 11 is 0. The highest BCUT2D eigenvalue weighted by molar-refractivity contribution is 6.12. The number of methoxy groups -OCH3 is 1. The molecule has 3 atom stereocenters. The lowest BCUT2D eigenvalue weighted by Crippen LogP contribution is -2.43. The molecule has 0 amide bonds. The smallest absolute Gasteiger partial charge is 0.337 e. The Balaban J connectivity index is 1.58. The van der Waals surface area contributed by atoms with E-state index in [1.807, 2.05) is 68.4 Å². The second-order valence-electron chi connectivity index (χ2n) is 10.3. The van der Waals surface area contributed by atoms with Crippen molar-refractivity contribution in [3.8, 4) is 11.1 Å². The summed E-state index contributed by atoms with van der Waals surface area (Å²) in [6, 6.07) is 18.0. The molecule has 1 heterocycles. The standard InChI is InChI=1S/C31H33NO5/c1-18-17-24-28(29(33)25(18)30(34)36-3)27(22-15-13-21(14-16-22)20-9-5-4-6-10-20)26(19(2)32-24)31(35)37-23-11-7-8-12-23/h4-6,9-10,13-16,18,23,25,27,32H,7-8,11-12,17H2,1-3H3/t18-,25-,27+/m0/s1. The van der Waals surface area contributed by atoms with Crippen molar-refractivity contribution in [2.45, 2.75) is 58.0 Å². The number of benzene rings is 2. The largest absolute Gasteiger partial charge is 0.468 e. The first kappa shape index (κ1) is 25.0. The van der Waals surface area contributed by atoms with Crippen molar-refractivity contribution in [3.05, 3.63) is 82.7 Å². The van der Waals surface area contributed by atoms with Crippen molar-refractivity contribution in [2.24, 2.45) is 11.8 Å². The Bertz CT molecular complexity index is 1270. The van der Waals surface area contributed by atoms with E-state index in [9.17, 15) is 14.4 Å². The number of dihydropyridines is 1. The zero-order valence-corrected chi connectivity index (χ0v) is 21.6. The molecule has 6 nitrogen and oxygen atoms in total. The van der Waals surface area contributed by atoms with E-state index in [-0.39, 0.29) is 17.8 Å². The summed E-state index contributed by atoms with van der Waals surface area (Å²) in [5.41, 5.74) is 5.30. The van der Waals surface area contributed by atoms with Crippen molar-refractivity contribution in [2.75, 3.05) is 7.11 Å². The third-order valence-electron chi connectivity index (χ3n) is 7.89. The van der Waals surface area contributed by atoms with Gasteiger partial charge in [0.2, 0.25) is 0 Å². The molecule has 1 N–H and O–H groups in total. The van der Waals surface area contributed by atoms with Gasteiger partial charge in [-0.25, -0.2) is 4.79 Å². The zero-order valence-electron chi connectivity index (χ0n) is 21.6. The minimum absolute atomic E-state index is 0.103. The Hall–Kier alpha value is -3.67. The van der Waals surface area contributed by atoms with Gasteiger partial charge in [0.05, 0.1) is 12.7 Å². The Kier molecular flexibility index (Phi) is 7.00. The van der Waals surface area contributed by atoms with Gasteiger partial charge in [-0.3, -0.25) is 9.59 Å². The number of ketones is 1. The number of hydrogen-bond acceptors (Lipinski definition) is 6.